The quantitative estimate of drug-likeness (QED) is 0.451. The minimum atomic E-state index is -0.969. The van der Waals surface area contributed by atoms with Crippen LogP contribution in [0.2, 0.25) is 0 Å². The Morgan fingerprint density at radius 2 is 1.82 bits per heavy atom. The van der Waals surface area contributed by atoms with E-state index >= 15 is 0 Å². The highest BCUT2D eigenvalue weighted by atomic mass is 32.2. The van der Waals surface area contributed by atoms with Crippen LogP contribution >= 0.6 is 11.8 Å². The van der Waals surface area contributed by atoms with E-state index in [1.165, 1.54) is 0 Å². The molecule has 0 atom stereocenters. The average molecular weight is 478 g/mol. The van der Waals surface area contributed by atoms with Crippen LogP contribution in [-0.2, 0) is 16.6 Å². The molecule has 34 heavy (non-hydrogen) atoms. The topological polar surface area (TPSA) is 102 Å². The number of carboxylic acids is 1. The Morgan fingerprint density at radius 1 is 1.12 bits per heavy atom. The van der Waals surface area contributed by atoms with Crippen molar-refractivity contribution in [2.24, 2.45) is 7.05 Å². The van der Waals surface area contributed by atoms with Gasteiger partial charge in [-0.3, -0.25) is 19.3 Å². The molecule has 1 N–H and O–H groups in total. The first-order valence-corrected chi connectivity index (χ1v) is 11.5. The lowest BCUT2D eigenvalue weighted by atomic mass is 10.1. The molecule has 0 bridgehead atoms. The van der Waals surface area contributed by atoms with Crippen molar-refractivity contribution in [1.29, 1.82) is 0 Å². The monoisotopic (exact) mass is 477 g/mol. The summed E-state index contributed by atoms with van der Waals surface area (Å²) >= 11 is 0.824. The maximum Gasteiger partial charge on any atom is 0.303 e. The highest BCUT2D eigenvalue weighted by molar-refractivity contribution is 8.18. The Kier molecular flexibility index (Phi) is 6.83. The predicted molar refractivity (Wildman–Crippen MR) is 129 cm³/mol. The van der Waals surface area contributed by atoms with Gasteiger partial charge in [0.1, 0.15) is 11.4 Å². The van der Waals surface area contributed by atoms with Gasteiger partial charge in [-0.1, -0.05) is 48.0 Å². The van der Waals surface area contributed by atoms with Crippen molar-refractivity contribution < 1.29 is 24.2 Å². The third-order valence-corrected chi connectivity index (χ3v) is 6.14. The lowest BCUT2D eigenvalue weighted by Crippen LogP contribution is -2.29. The van der Waals surface area contributed by atoms with E-state index in [1.807, 2.05) is 61.5 Å². The molecule has 2 aromatic carbocycles. The number of amides is 2. The van der Waals surface area contributed by atoms with E-state index in [1.54, 1.807) is 17.8 Å². The molecule has 2 heterocycles. The smallest absolute Gasteiger partial charge is 0.303 e. The zero-order chi connectivity index (χ0) is 24.2. The fourth-order valence-corrected chi connectivity index (χ4v) is 4.36. The van der Waals surface area contributed by atoms with E-state index in [0.29, 0.717) is 22.9 Å². The number of aryl methyl sites for hydroxylation is 2. The van der Waals surface area contributed by atoms with Gasteiger partial charge < -0.3 is 9.84 Å². The highest BCUT2D eigenvalue weighted by Gasteiger charge is 2.35. The largest absolute Gasteiger partial charge is 0.481 e. The molecule has 4 rings (SSSR count). The summed E-state index contributed by atoms with van der Waals surface area (Å²) in [6.07, 6.45) is 1.71. The minimum Gasteiger partial charge on any atom is -0.481 e. The van der Waals surface area contributed by atoms with Crippen molar-refractivity contribution in [3.8, 4) is 22.9 Å². The number of carboxylic acid groups (broad SMARTS) is 1. The number of benzene rings is 2. The van der Waals surface area contributed by atoms with Crippen LogP contribution in [0.5, 0.6) is 11.6 Å². The SMILES string of the molecule is Cc1ccc(Oc2c(C=C3SC(=O)N(CCCC(=O)O)C3=O)c(-c3ccccc3)nn2C)cc1. The molecule has 2 amide bonds. The summed E-state index contributed by atoms with van der Waals surface area (Å²) in [4.78, 5) is 37.5. The van der Waals surface area contributed by atoms with Crippen molar-refractivity contribution in [3.63, 3.8) is 0 Å². The van der Waals surface area contributed by atoms with Gasteiger partial charge >= 0.3 is 5.97 Å². The number of aromatic nitrogens is 2. The Bertz CT molecular complexity index is 1270. The number of hydrogen-bond acceptors (Lipinski definition) is 6. The molecule has 174 valence electrons. The van der Waals surface area contributed by atoms with Gasteiger partial charge in [0.15, 0.2) is 0 Å². The lowest BCUT2D eigenvalue weighted by Gasteiger charge is -2.11. The van der Waals surface area contributed by atoms with Crippen molar-refractivity contribution in [2.75, 3.05) is 6.54 Å². The number of hydrogen-bond donors (Lipinski definition) is 1. The Morgan fingerprint density at radius 3 is 2.50 bits per heavy atom. The van der Waals surface area contributed by atoms with Gasteiger partial charge in [-0.15, -0.1) is 0 Å². The van der Waals surface area contributed by atoms with Crippen molar-refractivity contribution in [1.82, 2.24) is 14.7 Å². The van der Waals surface area contributed by atoms with Crippen LogP contribution in [0.4, 0.5) is 4.79 Å². The van der Waals surface area contributed by atoms with Gasteiger partial charge in [0.05, 0.1) is 10.5 Å². The summed E-state index contributed by atoms with van der Waals surface area (Å²) < 4.78 is 7.76. The van der Waals surface area contributed by atoms with Crippen LogP contribution in [0.25, 0.3) is 17.3 Å². The van der Waals surface area contributed by atoms with Crippen LogP contribution in [0.1, 0.15) is 24.0 Å². The first kappa shape index (κ1) is 23.3. The second-order valence-electron chi connectivity index (χ2n) is 7.80. The van der Waals surface area contributed by atoms with Crippen LogP contribution < -0.4 is 4.74 Å². The number of rotatable bonds is 8. The van der Waals surface area contributed by atoms with Crippen molar-refractivity contribution in [3.05, 3.63) is 70.6 Å². The number of nitrogens with zero attached hydrogens (tertiary/aromatic N) is 3. The Hall–Kier alpha value is -3.85. The first-order valence-electron chi connectivity index (χ1n) is 10.7. The molecule has 0 spiro atoms. The maximum absolute atomic E-state index is 13.0. The molecule has 0 radical (unpaired) electrons. The summed E-state index contributed by atoms with van der Waals surface area (Å²) in [5.74, 6) is -0.377. The third kappa shape index (κ3) is 5.04. The fourth-order valence-electron chi connectivity index (χ4n) is 3.52. The standard InChI is InChI=1S/C25H23N3O5S/c1-16-10-12-18(13-11-16)33-24-19(22(26-27(24)2)17-7-4-3-5-8-17)15-20-23(31)28(25(32)34-20)14-6-9-21(29)30/h3-5,7-8,10-13,15H,6,9,14H2,1-2H3,(H,29,30). The number of carbonyl (C=O) groups is 3. The lowest BCUT2D eigenvalue weighted by molar-refractivity contribution is -0.137. The van der Waals surface area contributed by atoms with Gasteiger partial charge in [0, 0.05) is 25.6 Å². The van der Waals surface area contributed by atoms with Crippen LogP contribution in [-0.4, -0.2) is 43.4 Å². The summed E-state index contributed by atoms with van der Waals surface area (Å²) in [5, 5.41) is 13.1. The van der Waals surface area contributed by atoms with E-state index in [0.717, 1.165) is 27.8 Å². The van der Waals surface area contributed by atoms with Crippen molar-refractivity contribution in [2.45, 2.75) is 19.8 Å². The summed E-state index contributed by atoms with van der Waals surface area (Å²) in [5.41, 5.74) is 3.12. The molecular weight excluding hydrogens is 454 g/mol. The van der Waals surface area contributed by atoms with Gasteiger partial charge in [-0.05, 0) is 43.3 Å². The van der Waals surface area contributed by atoms with Gasteiger partial charge in [0.2, 0.25) is 5.88 Å². The van der Waals surface area contributed by atoms with E-state index in [2.05, 4.69) is 5.10 Å². The summed E-state index contributed by atoms with van der Waals surface area (Å²) in [7, 11) is 1.75. The molecule has 1 aliphatic heterocycles. The van der Waals surface area contributed by atoms with Gasteiger partial charge in [0.25, 0.3) is 11.1 Å². The number of aliphatic carboxylic acids is 1. The van der Waals surface area contributed by atoms with Crippen LogP contribution in [0, 0.1) is 6.92 Å². The average Bonchev–Trinajstić information content (AvgIpc) is 3.26. The maximum atomic E-state index is 13.0. The normalized spacial score (nSPS) is 14.8. The minimum absolute atomic E-state index is 0.0552. The molecule has 9 heteroatoms. The van der Waals surface area contributed by atoms with Gasteiger partial charge in [-0.2, -0.15) is 5.10 Å². The Balaban J connectivity index is 1.72. The Labute approximate surface area is 200 Å². The molecule has 8 nitrogen and oxygen atoms in total. The van der Waals surface area contributed by atoms with E-state index in [4.69, 9.17) is 9.84 Å². The number of thioether (sulfide) groups is 1. The van der Waals surface area contributed by atoms with E-state index in [-0.39, 0.29) is 24.3 Å². The second-order valence-corrected chi connectivity index (χ2v) is 8.80. The number of imide groups is 1. The molecule has 1 saturated heterocycles. The zero-order valence-electron chi connectivity index (χ0n) is 18.7. The molecule has 0 unspecified atom stereocenters. The summed E-state index contributed by atoms with van der Waals surface area (Å²) in [6.45, 7) is 2.04. The molecule has 0 aliphatic carbocycles. The number of carbonyl (C=O) groups excluding carboxylic acids is 2. The molecule has 3 aromatic rings. The first-order chi connectivity index (χ1) is 16.3. The molecule has 1 aliphatic rings. The van der Waals surface area contributed by atoms with Crippen LogP contribution in [0.3, 0.4) is 0 Å². The van der Waals surface area contributed by atoms with E-state index in [9.17, 15) is 14.4 Å². The fraction of sp³-hybridized carbons (Fsp3) is 0.200. The molecular formula is C25H23N3O5S. The molecule has 0 saturated carbocycles. The predicted octanol–water partition coefficient (Wildman–Crippen LogP) is 5.09. The number of ether oxygens (including phenoxy) is 1. The second kappa shape index (κ2) is 9.96. The van der Waals surface area contributed by atoms with E-state index < -0.39 is 17.1 Å². The molecule has 1 fully saturated rings. The third-order valence-electron chi connectivity index (χ3n) is 5.23. The van der Waals surface area contributed by atoms with Crippen LogP contribution in [0.15, 0.2) is 59.5 Å². The molecule has 1 aromatic heterocycles. The highest BCUT2D eigenvalue weighted by Crippen LogP contribution is 2.39. The zero-order valence-corrected chi connectivity index (χ0v) is 19.5. The van der Waals surface area contributed by atoms with Crippen molar-refractivity contribution >= 4 is 35.0 Å². The summed E-state index contributed by atoms with van der Waals surface area (Å²) in [6, 6.07) is 17.1. The van der Waals surface area contributed by atoms with Gasteiger partial charge in [-0.25, -0.2) is 4.68 Å².